The summed E-state index contributed by atoms with van der Waals surface area (Å²) >= 11 is 0. The Morgan fingerprint density at radius 1 is 1.05 bits per heavy atom. The molecule has 2 fully saturated rings. The maximum absolute atomic E-state index is 13.3. The molecule has 4 rings (SSSR count). The standard InChI is InChI=1S/C30H34N2O6/c1-20-21(2)38-25(30(3,27(20)34)29(36)37-19-22-10-6-4-7-11-22)18-26(33)32-16-14-23(15-17-32)28(35)31-24-12-8-5-9-13-24/h4-13,21,23,25H,1,14-19H2,2-3H3,(H,31,35)/t21-,25+,30+/m0/s1. The Kier molecular flexibility index (Phi) is 8.42. The van der Waals surface area contributed by atoms with Crippen molar-refractivity contribution in [2.45, 2.75) is 51.9 Å². The molecule has 2 aromatic rings. The molecule has 0 aliphatic carbocycles. The number of ketones is 1. The number of anilines is 1. The highest BCUT2D eigenvalue weighted by Crippen LogP contribution is 2.39. The molecule has 38 heavy (non-hydrogen) atoms. The van der Waals surface area contributed by atoms with Crippen LogP contribution < -0.4 is 5.32 Å². The van der Waals surface area contributed by atoms with Gasteiger partial charge in [0.2, 0.25) is 11.8 Å². The Hall–Kier alpha value is -3.78. The number of Topliss-reactive ketones (excluding diaryl/α,β-unsaturated/α-hetero) is 1. The second-order valence-corrected chi connectivity index (χ2v) is 10.1. The topological polar surface area (TPSA) is 102 Å². The molecule has 2 aliphatic heterocycles. The lowest BCUT2D eigenvalue weighted by Gasteiger charge is -2.42. The molecule has 0 saturated carbocycles. The first-order valence-corrected chi connectivity index (χ1v) is 12.9. The van der Waals surface area contributed by atoms with Crippen molar-refractivity contribution in [1.82, 2.24) is 4.90 Å². The molecule has 2 saturated heterocycles. The highest BCUT2D eigenvalue weighted by molar-refractivity contribution is 6.13. The van der Waals surface area contributed by atoms with Gasteiger partial charge in [0, 0.05) is 30.3 Å². The number of hydrogen-bond donors (Lipinski definition) is 1. The number of para-hydroxylation sites is 1. The summed E-state index contributed by atoms with van der Waals surface area (Å²) in [4.78, 5) is 54.2. The SMILES string of the molecule is C=C1C(=O)[C@](C)(C(=O)OCc2ccccc2)[C@@H](CC(=O)N2CCC(C(=O)Nc3ccccc3)CC2)O[C@H]1C. The van der Waals surface area contributed by atoms with Crippen LogP contribution in [0.2, 0.25) is 0 Å². The second-order valence-electron chi connectivity index (χ2n) is 10.1. The number of carbonyl (C=O) groups excluding carboxylic acids is 4. The summed E-state index contributed by atoms with van der Waals surface area (Å²) in [6.45, 7) is 7.79. The summed E-state index contributed by atoms with van der Waals surface area (Å²) in [6, 6.07) is 18.4. The zero-order valence-electron chi connectivity index (χ0n) is 21.9. The largest absolute Gasteiger partial charge is 0.460 e. The molecule has 0 radical (unpaired) electrons. The normalized spacial score (nSPS) is 24.1. The summed E-state index contributed by atoms with van der Waals surface area (Å²) < 4.78 is 11.5. The highest BCUT2D eigenvalue weighted by Gasteiger charge is 2.56. The molecule has 3 atom stereocenters. The Bertz CT molecular complexity index is 1190. The van der Waals surface area contributed by atoms with Gasteiger partial charge in [-0.25, -0.2) is 0 Å². The van der Waals surface area contributed by atoms with Crippen molar-refractivity contribution in [2.24, 2.45) is 11.3 Å². The zero-order chi connectivity index (χ0) is 27.3. The van der Waals surface area contributed by atoms with E-state index in [1.54, 1.807) is 11.8 Å². The number of nitrogens with one attached hydrogen (secondary N) is 1. The Labute approximate surface area is 223 Å². The van der Waals surface area contributed by atoms with E-state index in [1.807, 2.05) is 60.7 Å². The van der Waals surface area contributed by atoms with Gasteiger partial charge < -0.3 is 19.7 Å². The van der Waals surface area contributed by atoms with E-state index < -0.39 is 29.4 Å². The van der Waals surface area contributed by atoms with E-state index in [-0.39, 0.29) is 36.3 Å². The van der Waals surface area contributed by atoms with Crippen molar-refractivity contribution < 1.29 is 28.7 Å². The summed E-state index contributed by atoms with van der Waals surface area (Å²) in [5, 5.41) is 2.92. The molecule has 0 bridgehead atoms. The number of benzene rings is 2. The maximum Gasteiger partial charge on any atom is 0.322 e. The van der Waals surface area contributed by atoms with Gasteiger partial charge in [0.1, 0.15) is 6.61 Å². The predicted octanol–water partition coefficient (Wildman–Crippen LogP) is 3.92. The number of carbonyl (C=O) groups is 4. The summed E-state index contributed by atoms with van der Waals surface area (Å²) in [5.74, 6) is -1.71. The minimum Gasteiger partial charge on any atom is -0.460 e. The molecule has 8 heteroatoms. The Balaban J connectivity index is 1.38. The molecule has 0 aromatic heterocycles. The van der Waals surface area contributed by atoms with Gasteiger partial charge in [-0.1, -0.05) is 55.1 Å². The minimum atomic E-state index is -1.69. The van der Waals surface area contributed by atoms with Crippen molar-refractivity contribution in [1.29, 1.82) is 0 Å². The third kappa shape index (κ3) is 5.86. The Morgan fingerprint density at radius 3 is 2.29 bits per heavy atom. The second kappa shape index (κ2) is 11.7. The number of nitrogens with zero attached hydrogens (tertiary/aromatic N) is 1. The van der Waals surface area contributed by atoms with Gasteiger partial charge in [0.15, 0.2) is 11.2 Å². The van der Waals surface area contributed by atoms with Crippen LogP contribution in [0.15, 0.2) is 72.8 Å². The molecule has 0 unspecified atom stereocenters. The van der Waals surface area contributed by atoms with Crippen LogP contribution in [0.25, 0.3) is 0 Å². The predicted molar refractivity (Wildman–Crippen MR) is 142 cm³/mol. The lowest BCUT2D eigenvalue weighted by atomic mass is 9.72. The summed E-state index contributed by atoms with van der Waals surface area (Å²) in [7, 11) is 0. The van der Waals surface area contributed by atoms with Gasteiger partial charge in [-0.15, -0.1) is 0 Å². The van der Waals surface area contributed by atoms with Crippen molar-refractivity contribution >= 4 is 29.3 Å². The van der Waals surface area contributed by atoms with E-state index in [4.69, 9.17) is 9.47 Å². The van der Waals surface area contributed by atoms with Gasteiger partial charge >= 0.3 is 5.97 Å². The first-order valence-electron chi connectivity index (χ1n) is 12.9. The fourth-order valence-electron chi connectivity index (χ4n) is 4.92. The number of esters is 1. The number of amides is 2. The zero-order valence-corrected chi connectivity index (χ0v) is 21.9. The van der Waals surface area contributed by atoms with Crippen LogP contribution in [-0.4, -0.2) is 53.8 Å². The lowest BCUT2D eigenvalue weighted by Crippen LogP contribution is -2.56. The third-order valence-electron chi connectivity index (χ3n) is 7.52. The molecule has 1 N–H and O–H groups in total. The number of hydrogen-bond acceptors (Lipinski definition) is 6. The van der Waals surface area contributed by atoms with Gasteiger partial charge in [-0.05, 0) is 44.4 Å². The van der Waals surface area contributed by atoms with Crippen LogP contribution in [-0.2, 0) is 35.3 Å². The number of ether oxygens (including phenoxy) is 2. The van der Waals surface area contributed by atoms with Crippen molar-refractivity contribution in [2.75, 3.05) is 18.4 Å². The molecule has 0 spiro atoms. The molecule has 200 valence electrons. The van der Waals surface area contributed by atoms with Crippen molar-refractivity contribution in [3.8, 4) is 0 Å². The monoisotopic (exact) mass is 518 g/mol. The third-order valence-corrected chi connectivity index (χ3v) is 7.52. The average molecular weight is 519 g/mol. The molecule has 2 aromatic carbocycles. The highest BCUT2D eigenvalue weighted by atomic mass is 16.5. The van der Waals surface area contributed by atoms with Crippen LogP contribution in [0.5, 0.6) is 0 Å². The van der Waals surface area contributed by atoms with Gasteiger partial charge in [-0.3, -0.25) is 19.2 Å². The van der Waals surface area contributed by atoms with Crippen molar-refractivity contribution in [3.05, 3.63) is 78.4 Å². The number of likely N-dealkylation sites (tertiary alicyclic amines) is 1. The first kappa shape index (κ1) is 27.3. The quantitative estimate of drug-likeness (QED) is 0.339. The fourth-order valence-corrected chi connectivity index (χ4v) is 4.92. The van der Waals surface area contributed by atoms with Crippen LogP contribution in [0, 0.1) is 11.3 Å². The minimum absolute atomic E-state index is 0.00377. The van der Waals surface area contributed by atoms with Gasteiger partial charge in [0.25, 0.3) is 0 Å². The Morgan fingerprint density at radius 2 is 1.66 bits per heavy atom. The molecular formula is C30H34N2O6. The molecule has 2 aliphatic rings. The van der Waals surface area contributed by atoms with Gasteiger partial charge in [-0.2, -0.15) is 0 Å². The molecule has 2 heterocycles. The van der Waals surface area contributed by atoms with Crippen LogP contribution >= 0.6 is 0 Å². The van der Waals surface area contributed by atoms with Crippen LogP contribution in [0.4, 0.5) is 5.69 Å². The number of piperidine rings is 1. The summed E-state index contributed by atoms with van der Waals surface area (Å²) in [6.07, 6.45) is -0.717. The van der Waals surface area contributed by atoms with E-state index in [9.17, 15) is 19.2 Å². The maximum atomic E-state index is 13.3. The van der Waals surface area contributed by atoms with Crippen LogP contribution in [0.1, 0.15) is 38.7 Å². The van der Waals surface area contributed by atoms with Gasteiger partial charge in [0.05, 0.1) is 18.6 Å². The van der Waals surface area contributed by atoms with E-state index in [1.165, 1.54) is 6.92 Å². The molecule has 2 amide bonds. The number of rotatable bonds is 7. The fraction of sp³-hybridized carbons (Fsp3) is 0.400. The first-order chi connectivity index (χ1) is 18.2. The summed E-state index contributed by atoms with van der Waals surface area (Å²) in [5.41, 5.74) is 0.0112. The van der Waals surface area contributed by atoms with Crippen LogP contribution in [0.3, 0.4) is 0 Å². The van der Waals surface area contributed by atoms with E-state index in [0.29, 0.717) is 25.9 Å². The lowest BCUT2D eigenvalue weighted by molar-refractivity contribution is -0.179. The smallest absolute Gasteiger partial charge is 0.322 e. The molecule has 8 nitrogen and oxygen atoms in total. The van der Waals surface area contributed by atoms with E-state index >= 15 is 0 Å². The van der Waals surface area contributed by atoms with E-state index in [2.05, 4.69) is 11.9 Å². The molecular weight excluding hydrogens is 484 g/mol. The van der Waals surface area contributed by atoms with Crippen molar-refractivity contribution in [3.63, 3.8) is 0 Å². The average Bonchev–Trinajstić information content (AvgIpc) is 2.94. The van der Waals surface area contributed by atoms with E-state index in [0.717, 1.165) is 11.3 Å².